The van der Waals surface area contributed by atoms with Gasteiger partial charge >= 0.3 is 0 Å². The fourth-order valence-corrected chi connectivity index (χ4v) is 4.81. The molecule has 0 radical (unpaired) electrons. The summed E-state index contributed by atoms with van der Waals surface area (Å²) >= 11 is 1.65. The molecule has 1 aliphatic carbocycles. The summed E-state index contributed by atoms with van der Waals surface area (Å²) in [6.45, 7) is 5.61. The molecule has 27 heavy (non-hydrogen) atoms. The van der Waals surface area contributed by atoms with Crippen molar-refractivity contribution in [1.29, 1.82) is 0 Å². The number of pyridine rings is 1. The molecule has 0 N–H and O–H groups in total. The van der Waals surface area contributed by atoms with Crippen LogP contribution in [-0.2, 0) is 6.54 Å². The van der Waals surface area contributed by atoms with Gasteiger partial charge in [0.1, 0.15) is 0 Å². The predicted molar refractivity (Wildman–Crippen MR) is 110 cm³/mol. The summed E-state index contributed by atoms with van der Waals surface area (Å²) < 4.78 is 1.88. The molecule has 0 aromatic carbocycles. The Hall–Kier alpha value is -2.21. The number of rotatable bonds is 5. The standard InChI is InChI=1S/C21H26N4OS/c1-3-24(15-9-6-5-7-10-15)21(26)16-13-18(19-11-8-12-27-19)23-20-17(16)14-22-25(20)4-2/h8,11-15H,3-7,9-10H2,1-2H3. The van der Waals surface area contributed by atoms with Crippen LogP contribution in [-0.4, -0.2) is 38.2 Å². The van der Waals surface area contributed by atoms with Gasteiger partial charge in [0.2, 0.25) is 0 Å². The Bertz CT molecular complexity index is 925. The van der Waals surface area contributed by atoms with Crippen LogP contribution in [0.1, 0.15) is 56.3 Å². The molecule has 4 rings (SSSR count). The minimum Gasteiger partial charge on any atom is -0.336 e. The van der Waals surface area contributed by atoms with Gasteiger partial charge in [-0.25, -0.2) is 9.67 Å². The Morgan fingerprint density at radius 3 is 2.78 bits per heavy atom. The van der Waals surface area contributed by atoms with Gasteiger partial charge in [-0.2, -0.15) is 5.10 Å². The zero-order valence-corrected chi connectivity index (χ0v) is 16.8. The Labute approximate surface area is 164 Å². The molecular weight excluding hydrogens is 356 g/mol. The predicted octanol–water partition coefficient (Wildman–Crippen LogP) is 4.97. The minimum atomic E-state index is 0.116. The number of aryl methyl sites for hydroxylation is 1. The average molecular weight is 383 g/mol. The second-order valence-corrected chi connectivity index (χ2v) is 8.06. The van der Waals surface area contributed by atoms with E-state index in [1.807, 2.05) is 29.1 Å². The van der Waals surface area contributed by atoms with Gasteiger partial charge < -0.3 is 4.90 Å². The van der Waals surface area contributed by atoms with E-state index in [0.717, 1.165) is 53.1 Å². The first-order chi connectivity index (χ1) is 13.2. The van der Waals surface area contributed by atoms with Gasteiger partial charge in [-0.15, -0.1) is 11.3 Å². The second kappa shape index (κ2) is 7.80. The average Bonchev–Trinajstić information content (AvgIpc) is 3.38. The summed E-state index contributed by atoms with van der Waals surface area (Å²) in [4.78, 5) is 21.5. The topological polar surface area (TPSA) is 51.0 Å². The number of carbonyl (C=O) groups is 1. The van der Waals surface area contributed by atoms with E-state index in [-0.39, 0.29) is 5.91 Å². The molecule has 3 heterocycles. The van der Waals surface area contributed by atoms with Crippen molar-refractivity contribution in [1.82, 2.24) is 19.7 Å². The first-order valence-corrected chi connectivity index (χ1v) is 10.8. The highest BCUT2D eigenvalue weighted by Crippen LogP contribution is 2.30. The van der Waals surface area contributed by atoms with Crippen LogP contribution in [0.2, 0.25) is 0 Å². The number of amides is 1. The third-order valence-electron chi connectivity index (χ3n) is 5.53. The van der Waals surface area contributed by atoms with Gasteiger partial charge in [0.25, 0.3) is 5.91 Å². The van der Waals surface area contributed by atoms with Crippen LogP contribution >= 0.6 is 11.3 Å². The summed E-state index contributed by atoms with van der Waals surface area (Å²) in [5, 5.41) is 7.36. The Morgan fingerprint density at radius 2 is 2.11 bits per heavy atom. The quantitative estimate of drug-likeness (QED) is 0.626. The van der Waals surface area contributed by atoms with E-state index in [9.17, 15) is 4.79 Å². The largest absolute Gasteiger partial charge is 0.336 e. The van der Waals surface area contributed by atoms with Gasteiger partial charge in [0, 0.05) is 19.1 Å². The molecule has 0 atom stereocenters. The van der Waals surface area contributed by atoms with Crippen LogP contribution in [0.25, 0.3) is 21.6 Å². The smallest absolute Gasteiger partial charge is 0.254 e. The molecule has 0 spiro atoms. The molecule has 3 aromatic rings. The second-order valence-electron chi connectivity index (χ2n) is 7.11. The SMILES string of the molecule is CCN(C(=O)c1cc(-c2cccs2)nc2c1cnn2CC)C1CCCCC1. The van der Waals surface area contributed by atoms with Crippen LogP contribution in [0.5, 0.6) is 0 Å². The number of carbonyl (C=O) groups excluding carboxylic acids is 1. The molecule has 0 aliphatic heterocycles. The molecule has 6 heteroatoms. The van der Waals surface area contributed by atoms with Gasteiger partial charge in [-0.3, -0.25) is 4.79 Å². The minimum absolute atomic E-state index is 0.116. The summed E-state index contributed by atoms with van der Waals surface area (Å²) in [5.41, 5.74) is 2.39. The zero-order chi connectivity index (χ0) is 18.8. The molecule has 1 fully saturated rings. The molecule has 1 amide bonds. The van der Waals surface area contributed by atoms with E-state index in [4.69, 9.17) is 4.98 Å². The fourth-order valence-electron chi connectivity index (χ4n) is 4.12. The molecule has 1 saturated carbocycles. The molecule has 5 nitrogen and oxygen atoms in total. The number of fused-ring (bicyclic) bond motifs is 1. The highest BCUT2D eigenvalue weighted by Gasteiger charge is 2.27. The van der Waals surface area contributed by atoms with Crippen molar-refractivity contribution >= 4 is 28.3 Å². The maximum atomic E-state index is 13.6. The van der Waals surface area contributed by atoms with Gasteiger partial charge in [-0.1, -0.05) is 25.3 Å². The first kappa shape index (κ1) is 18.2. The van der Waals surface area contributed by atoms with E-state index < -0.39 is 0 Å². The van der Waals surface area contributed by atoms with E-state index >= 15 is 0 Å². The number of hydrogen-bond donors (Lipinski definition) is 0. The van der Waals surface area contributed by atoms with E-state index in [1.54, 1.807) is 17.5 Å². The van der Waals surface area contributed by atoms with E-state index in [0.29, 0.717) is 6.04 Å². The lowest BCUT2D eigenvalue weighted by Gasteiger charge is -2.33. The van der Waals surface area contributed by atoms with Crippen molar-refractivity contribution in [3.63, 3.8) is 0 Å². The third kappa shape index (κ3) is 3.38. The summed E-state index contributed by atoms with van der Waals surface area (Å²) in [5.74, 6) is 0.116. The highest BCUT2D eigenvalue weighted by molar-refractivity contribution is 7.13. The number of hydrogen-bond acceptors (Lipinski definition) is 4. The molecule has 0 saturated heterocycles. The lowest BCUT2D eigenvalue weighted by molar-refractivity contribution is 0.0650. The van der Waals surface area contributed by atoms with Crippen molar-refractivity contribution in [3.8, 4) is 10.6 Å². The van der Waals surface area contributed by atoms with Crippen molar-refractivity contribution < 1.29 is 4.79 Å². The lowest BCUT2D eigenvalue weighted by atomic mass is 9.93. The zero-order valence-electron chi connectivity index (χ0n) is 16.0. The van der Waals surface area contributed by atoms with Crippen LogP contribution in [0, 0.1) is 0 Å². The van der Waals surface area contributed by atoms with Crippen molar-refractivity contribution in [2.24, 2.45) is 0 Å². The summed E-state index contributed by atoms with van der Waals surface area (Å²) in [6, 6.07) is 6.39. The number of aromatic nitrogens is 3. The first-order valence-electron chi connectivity index (χ1n) is 9.94. The molecule has 0 bridgehead atoms. The van der Waals surface area contributed by atoms with Gasteiger partial charge in [-0.05, 0) is 44.2 Å². The molecule has 3 aromatic heterocycles. The van der Waals surface area contributed by atoms with Crippen molar-refractivity contribution in [3.05, 3.63) is 35.3 Å². The maximum absolute atomic E-state index is 13.6. The monoisotopic (exact) mass is 382 g/mol. The third-order valence-corrected chi connectivity index (χ3v) is 6.42. The molecule has 142 valence electrons. The fraction of sp³-hybridized carbons (Fsp3) is 0.476. The number of thiophene rings is 1. The molecule has 0 unspecified atom stereocenters. The normalized spacial score (nSPS) is 15.3. The van der Waals surface area contributed by atoms with Crippen molar-refractivity contribution in [2.45, 2.75) is 58.5 Å². The molecule has 1 aliphatic rings. The Balaban J connectivity index is 1.81. The number of nitrogens with zero attached hydrogens (tertiary/aromatic N) is 4. The van der Waals surface area contributed by atoms with Gasteiger partial charge in [0.05, 0.1) is 27.7 Å². The summed E-state index contributed by atoms with van der Waals surface area (Å²) in [7, 11) is 0. The van der Waals surface area contributed by atoms with E-state index in [2.05, 4.69) is 23.0 Å². The maximum Gasteiger partial charge on any atom is 0.254 e. The Kier molecular flexibility index (Phi) is 5.25. The van der Waals surface area contributed by atoms with Crippen molar-refractivity contribution in [2.75, 3.05) is 6.54 Å². The highest BCUT2D eigenvalue weighted by atomic mass is 32.1. The van der Waals surface area contributed by atoms with E-state index in [1.165, 1.54) is 19.3 Å². The Morgan fingerprint density at radius 1 is 1.30 bits per heavy atom. The van der Waals surface area contributed by atoms with Crippen LogP contribution < -0.4 is 0 Å². The molecular formula is C21H26N4OS. The van der Waals surface area contributed by atoms with Crippen LogP contribution in [0.3, 0.4) is 0 Å². The van der Waals surface area contributed by atoms with Crippen LogP contribution in [0.15, 0.2) is 29.8 Å². The van der Waals surface area contributed by atoms with Gasteiger partial charge in [0.15, 0.2) is 5.65 Å². The van der Waals surface area contributed by atoms with Crippen LogP contribution in [0.4, 0.5) is 0 Å². The summed E-state index contributed by atoms with van der Waals surface area (Å²) in [6.07, 6.45) is 7.74. The lowest BCUT2D eigenvalue weighted by Crippen LogP contribution is -2.41.